The molecule has 0 bridgehead atoms. The number of rotatable bonds is 5. The van der Waals surface area contributed by atoms with Gasteiger partial charge >= 0.3 is 6.18 Å². The van der Waals surface area contributed by atoms with Crippen LogP contribution in [-0.2, 0) is 11.0 Å². The van der Waals surface area contributed by atoms with E-state index < -0.39 is 11.9 Å². The Labute approximate surface area is 205 Å². The molecule has 182 valence electrons. The minimum Gasteiger partial charge on any atom is -0.371 e. The second-order valence-corrected chi connectivity index (χ2v) is 10.2. The Balaban J connectivity index is 1.46. The SMILES string of the molecule is Cc1csc(C(C)C(=O)NC2CCC(N(C)c3cc(C(F)(F)F)nc4ccc(Cl)cc34)CC2)n1. The van der Waals surface area contributed by atoms with Gasteiger partial charge in [-0.2, -0.15) is 13.2 Å². The first kappa shape index (κ1) is 24.7. The molecule has 1 unspecified atom stereocenters. The van der Waals surface area contributed by atoms with Crippen LogP contribution in [-0.4, -0.2) is 35.0 Å². The number of carbonyl (C=O) groups excluding carboxylic acids is 1. The van der Waals surface area contributed by atoms with Crippen LogP contribution in [0.25, 0.3) is 10.9 Å². The van der Waals surface area contributed by atoms with Gasteiger partial charge in [0.1, 0.15) is 10.7 Å². The molecule has 1 atom stereocenters. The van der Waals surface area contributed by atoms with Gasteiger partial charge in [0.05, 0.1) is 11.4 Å². The molecule has 1 amide bonds. The molecule has 0 spiro atoms. The van der Waals surface area contributed by atoms with Gasteiger partial charge in [-0.1, -0.05) is 11.6 Å². The van der Waals surface area contributed by atoms with Crippen LogP contribution in [0.15, 0.2) is 29.6 Å². The normalized spacial score (nSPS) is 19.7. The zero-order chi connectivity index (χ0) is 24.6. The average Bonchev–Trinajstić information content (AvgIpc) is 3.23. The number of anilines is 1. The van der Waals surface area contributed by atoms with Crippen LogP contribution < -0.4 is 10.2 Å². The highest BCUT2D eigenvalue weighted by molar-refractivity contribution is 7.09. The number of aryl methyl sites for hydroxylation is 1. The van der Waals surface area contributed by atoms with E-state index in [-0.39, 0.29) is 29.4 Å². The Bertz CT molecular complexity index is 1190. The number of thiazole rings is 1. The van der Waals surface area contributed by atoms with Crippen LogP contribution in [0.1, 0.15) is 54.9 Å². The number of benzene rings is 1. The molecule has 1 saturated carbocycles. The summed E-state index contributed by atoms with van der Waals surface area (Å²) in [5, 5.41) is 6.89. The van der Waals surface area contributed by atoms with Gasteiger partial charge in [-0.15, -0.1) is 11.3 Å². The Hall–Kier alpha value is -2.39. The summed E-state index contributed by atoms with van der Waals surface area (Å²) in [4.78, 5) is 22.8. The van der Waals surface area contributed by atoms with Crippen LogP contribution in [0.4, 0.5) is 18.9 Å². The molecule has 1 aromatic carbocycles. The van der Waals surface area contributed by atoms with E-state index in [1.165, 1.54) is 17.4 Å². The van der Waals surface area contributed by atoms with Gasteiger partial charge < -0.3 is 10.2 Å². The van der Waals surface area contributed by atoms with Crippen molar-refractivity contribution in [1.29, 1.82) is 0 Å². The number of hydrogen-bond acceptors (Lipinski definition) is 5. The van der Waals surface area contributed by atoms with E-state index in [0.29, 0.717) is 16.1 Å². The van der Waals surface area contributed by atoms with E-state index in [9.17, 15) is 18.0 Å². The lowest BCUT2D eigenvalue weighted by molar-refractivity contribution is -0.140. The van der Waals surface area contributed by atoms with Crippen molar-refractivity contribution >= 4 is 45.4 Å². The quantitative estimate of drug-likeness (QED) is 0.435. The summed E-state index contributed by atoms with van der Waals surface area (Å²) in [5.41, 5.74) is 0.701. The standard InChI is InChI=1S/C24H26ClF3N4OS/c1-13-12-34-23(29-13)14(2)22(33)30-16-5-7-17(8-6-16)32(3)20-11-21(24(26,27)28)31-19-9-4-15(25)10-18(19)20/h4,9-12,14,16-17H,5-8H2,1-3H3,(H,30,33). The summed E-state index contributed by atoms with van der Waals surface area (Å²) in [5.74, 6) is -0.358. The van der Waals surface area contributed by atoms with E-state index in [1.807, 2.05) is 31.2 Å². The zero-order valence-corrected chi connectivity index (χ0v) is 20.7. The number of carbonyl (C=O) groups is 1. The maximum Gasteiger partial charge on any atom is 0.433 e. The van der Waals surface area contributed by atoms with Gasteiger partial charge in [-0.25, -0.2) is 9.97 Å². The molecule has 1 fully saturated rings. The third-order valence-electron chi connectivity index (χ3n) is 6.41. The van der Waals surface area contributed by atoms with Crippen molar-refractivity contribution in [3.05, 3.63) is 51.1 Å². The van der Waals surface area contributed by atoms with Crippen LogP contribution in [0.2, 0.25) is 5.02 Å². The molecule has 34 heavy (non-hydrogen) atoms. The summed E-state index contributed by atoms with van der Waals surface area (Å²) in [7, 11) is 1.81. The highest BCUT2D eigenvalue weighted by atomic mass is 35.5. The van der Waals surface area contributed by atoms with Gasteiger partial charge in [0.15, 0.2) is 0 Å². The predicted octanol–water partition coefficient (Wildman–Crippen LogP) is 6.34. The second kappa shape index (κ2) is 9.70. The molecule has 0 radical (unpaired) electrons. The summed E-state index contributed by atoms with van der Waals surface area (Å²) >= 11 is 7.62. The Kier molecular flexibility index (Phi) is 7.05. The molecule has 1 aliphatic carbocycles. The van der Waals surface area contributed by atoms with Crippen molar-refractivity contribution < 1.29 is 18.0 Å². The molecule has 1 aliphatic rings. The number of nitrogens with one attached hydrogen (secondary N) is 1. The first-order valence-electron chi connectivity index (χ1n) is 11.2. The predicted molar refractivity (Wildman–Crippen MR) is 130 cm³/mol. The molecule has 2 aromatic heterocycles. The smallest absolute Gasteiger partial charge is 0.371 e. The number of aromatic nitrogens is 2. The van der Waals surface area contributed by atoms with E-state index >= 15 is 0 Å². The lowest BCUT2D eigenvalue weighted by atomic mass is 9.89. The van der Waals surface area contributed by atoms with Crippen molar-refractivity contribution in [2.45, 2.75) is 63.7 Å². The fourth-order valence-corrected chi connectivity index (χ4v) is 5.45. The Morgan fingerprint density at radius 1 is 1.21 bits per heavy atom. The van der Waals surface area contributed by atoms with Crippen molar-refractivity contribution in [3.63, 3.8) is 0 Å². The van der Waals surface area contributed by atoms with Gasteiger partial charge in [-0.05, 0) is 63.8 Å². The molecule has 3 aromatic rings. The molecule has 4 rings (SSSR count). The van der Waals surface area contributed by atoms with Crippen molar-refractivity contribution in [1.82, 2.24) is 15.3 Å². The minimum absolute atomic E-state index is 0.0371. The van der Waals surface area contributed by atoms with Gasteiger partial charge in [0.25, 0.3) is 0 Å². The fraction of sp³-hybridized carbons (Fsp3) is 0.458. The number of hydrogen-bond donors (Lipinski definition) is 1. The van der Waals surface area contributed by atoms with E-state index in [2.05, 4.69) is 15.3 Å². The van der Waals surface area contributed by atoms with Crippen LogP contribution in [0.3, 0.4) is 0 Å². The number of amides is 1. The number of pyridine rings is 1. The van der Waals surface area contributed by atoms with Crippen LogP contribution in [0, 0.1) is 6.92 Å². The average molecular weight is 511 g/mol. The maximum absolute atomic E-state index is 13.5. The van der Waals surface area contributed by atoms with E-state index in [4.69, 9.17) is 11.6 Å². The summed E-state index contributed by atoms with van der Waals surface area (Å²) < 4.78 is 40.5. The topological polar surface area (TPSA) is 58.1 Å². The first-order valence-corrected chi connectivity index (χ1v) is 12.4. The lowest BCUT2D eigenvalue weighted by Gasteiger charge is -2.37. The third-order valence-corrected chi connectivity index (χ3v) is 7.79. The molecule has 2 heterocycles. The van der Waals surface area contributed by atoms with Gasteiger partial charge in [0.2, 0.25) is 5.91 Å². The van der Waals surface area contributed by atoms with E-state index in [1.54, 1.807) is 12.1 Å². The van der Waals surface area contributed by atoms with Crippen LogP contribution in [0.5, 0.6) is 0 Å². The molecule has 0 aliphatic heterocycles. The largest absolute Gasteiger partial charge is 0.433 e. The third kappa shape index (κ3) is 5.30. The molecule has 0 saturated heterocycles. The highest BCUT2D eigenvalue weighted by Gasteiger charge is 2.35. The number of nitrogens with zero attached hydrogens (tertiary/aromatic N) is 3. The number of alkyl halides is 3. The molecule has 5 nitrogen and oxygen atoms in total. The van der Waals surface area contributed by atoms with Gasteiger partial charge in [-0.3, -0.25) is 4.79 Å². The second-order valence-electron chi connectivity index (χ2n) is 8.86. The van der Waals surface area contributed by atoms with Crippen LogP contribution >= 0.6 is 22.9 Å². The number of fused-ring (bicyclic) bond motifs is 1. The monoisotopic (exact) mass is 510 g/mol. The first-order chi connectivity index (χ1) is 16.0. The summed E-state index contributed by atoms with van der Waals surface area (Å²) in [6.45, 7) is 3.75. The number of halogens is 4. The van der Waals surface area contributed by atoms with E-state index in [0.717, 1.165) is 42.5 Å². The molecular weight excluding hydrogens is 485 g/mol. The maximum atomic E-state index is 13.5. The van der Waals surface area contributed by atoms with Crippen molar-refractivity contribution in [2.75, 3.05) is 11.9 Å². The lowest BCUT2D eigenvalue weighted by Crippen LogP contribution is -2.44. The Morgan fingerprint density at radius 3 is 2.53 bits per heavy atom. The summed E-state index contributed by atoms with van der Waals surface area (Å²) in [6.07, 6.45) is -1.55. The highest BCUT2D eigenvalue weighted by Crippen LogP contribution is 2.37. The Morgan fingerprint density at radius 2 is 1.91 bits per heavy atom. The van der Waals surface area contributed by atoms with Crippen molar-refractivity contribution in [2.24, 2.45) is 0 Å². The zero-order valence-electron chi connectivity index (χ0n) is 19.1. The summed E-state index contributed by atoms with van der Waals surface area (Å²) in [6, 6.07) is 5.89. The fourth-order valence-electron chi connectivity index (χ4n) is 4.43. The molecule has 10 heteroatoms. The van der Waals surface area contributed by atoms with Crippen molar-refractivity contribution in [3.8, 4) is 0 Å². The molecular formula is C24H26ClF3N4OS. The minimum atomic E-state index is -4.54. The van der Waals surface area contributed by atoms with Gasteiger partial charge in [0, 0.05) is 46.3 Å². The molecule has 1 N–H and O–H groups in total.